The van der Waals surface area contributed by atoms with Crippen LogP contribution in [0.25, 0.3) is 10.9 Å². The number of nitrogens with one attached hydrogen (secondary N) is 1. The van der Waals surface area contributed by atoms with Gasteiger partial charge in [0.05, 0.1) is 24.2 Å². The third-order valence-electron chi connectivity index (χ3n) is 4.70. The van der Waals surface area contributed by atoms with Crippen LogP contribution in [-0.4, -0.2) is 26.5 Å². The minimum Gasteiger partial charge on any atom is -0.481 e. The number of carbonyl (C=O) groups is 2. The van der Waals surface area contributed by atoms with E-state index >= 15 is 0 Å². The second-order valence-corrected chi connectivity index (χ2v) is 6.69. The molecule has 4 rings (SSSR count). The highest BCUT2D eigenvalue weighted by molar-refractivity contribution is 6.13. The number of para-hydroxylation sites is 2. The fraction of sp³-hybridized carbons (Fsp3) is 0.0870. The lowest BCUT2D eigenvalue weighted by molar-refractivity contribution is -0.136. The molecule has 0 aliphatic rings. The summed E-state index contributed by atoms with van der Waals surface area (Å²) in [5.74, 6) is -1.22. The van der Waals surface area contributed by atoms with Gasteiger partial charge in [-0.3, -0.25) is 14.6 Å². The van der Waals surface area contributed by atoms with Gasteiger partial charge in [-0.15, -0.1) is 0 Å². The van der Waals surface area contributed by atoms with Crippen LogP contribution in [0.2, 0.25) is 0 Å². The van der Waals surface area contributed by atoms with Crippen molar-refractivity contribution in [2.75, 3.05) is 5.32 Å². The van der Waals surface area contributed by atoms with Gasteiger partial charge < -0.3 is 15.0 Å². The van der Waals surface area contributed by atoms with Crippen molar-refractivity contribution >= 4 is 28.5 Å². The summed E-state index contributed by atoms with van der Waals surface area (Å²) < 4.78 is 2.00. The molecule has 0 aliphatic carbocycles. The van der Waals surface area contributed by atoms with Gasteiger partial charge in [0.15, 0.2) is 0 Å². The minimum atomic E-state index is -0.946. The van der Waals surface area contributed by atoms with Gasteiger partial charge in [0.1, 0.15) is 0 Å². The third-order valence-corrected chi connectivity index (χ3v) is 4.70. The molecular weight excluding hydrogens is 366 g/mol. The number of carboxylic acids is 1. The summed E-state index contributed by atoms with van der Waals surface area (Å²) in [7, 11) is 0. The first-order valence-electron chi connectivity index (χ1n) is 9.20. The normalized spacial score (nSPS) is 10.8. The van der Waals surface area contributed by atoms with Crippen LogP contribution in [0.4, 0.5) is 5.69 Å². The number of hydrogen-bond donors (Lipinski definition) is 2. The molecule has 6 nitrogen and oxygen atoms in total. The summed E-state index contributed by atoms with van der Waals surface area (Å²) >= 11 is 0. The Balaban J connectivity index is 1.68. The van der Waals surface area contributed by atoms with E-state index in [1.807, 2.05) is 53.2 Å². The van der Waals surface area contributed by atoms with E-state index in [2.05, 4.69) is 10.3 Å². The van der Waals surface area contributed by atoms with E-state index in [9.17, 15) is 9.59 Å². The number of hydrogen-bond acceptors (Lipinski definition) is 3. The van der Waals surface area contributed by atoms with Crippen molar-refractivity contribution in [1.82, 2.24) is 9.55 Å². The van der Waals surface area contributed by atoms with Crippen LogP contribution < -0.4 is 5.32 Å². The first-order chi connectivity index (χ1) is 14.1. The number of anilines is 1. The van der Waals surface area contributed by atoms with Gasteiger partial charge in [-0.25, -0.2) is 0 Å². The summed E-state index contributed by atoms with van der Waals surface area (Å²) in [6, 6.07) is 20.4. The summed E-state index contributed by atoms with van der Waals surface area (Å²) in [5, 5.41) is 12.8. The van der Waals surface area contributed by atoms with Crippen molar-refractivity contribution in [3.63, 3.8) is 0 Å². The molecule has 2 heterocycles. The molecule has 144 valence electrons. The molecule has 0 atom stereocenters. The minimum absolute atomic E-state index is 0.155. The molecule has 0 unspecified atom stereocenters. The van der Waals surface area contributed by atoms with Crippen LogP contribution in [0.1, 0.15) is 21.6 Å². The predicted octanol–water partition coefficient (Wildman–Crippen LogP) is 3.96. The molecule has 0 aliphatic heterocycles. The van der Waals surface area contributed by atoms with Gasteiger partial charge in [-0.1, -0.05) is 42.5 Å². The van der Waals surface area contributed by atoms with E-state index in [1.54, 1.807) is 30.5 Å². The zero-order valence-corrected chi connectivity index (χ0v) is 15.6. The summed E-state index contributed by atoms with van der Waals surface area (Å²) in [6.45, 7) is 0.546. The molecule has 4 aromatic rings. The number of amides is 1. The third kappa shape index (κ3) is 4.01. The Morgan fingerprint density at radius 1 is 0.966 bits per heavy atom. The maximum atomic E-state index is 13.0. The van der Waals surface area contributed by atoms with E-state index < -0.39 is 5.97 Å². The second-order valence-electron chi connectivity index (χ2n) is 6.69. The number of carboxylic acid groups (broad SMARTS) is 1. The molecule has 0 bridgehead atoms. The molecule has 0 radical (unpaired) electrons. The average molecular weight is 385 g/mol. The van der Waals surface area contributed by atoms with E-state index in [0.29, 0.717) is 23.4 Å². The molecule has 0 saturated heterocycles. The van der Waals surface area contributed by atoms with Crippen LogP contribution in [0.5, 0.6) is 0 Å². The Morgan fingerprint density at radius 2 is 1.72 bits per heavy atom. The number of pyridine rings is 1. The van der Waals surface area contributed by atoms with Crippen LogP contribution in [0.3, 0.4) is 0 Å². The first kappa shape index (κ1) is 18.4. The first-order valence-corrected chi connectivity index (χ1v) is 9.20. The topological polar surface area (TPSA) is 84.2 Å². The monoisotopic (exact) mass is 385 g/mol. The van der Waals surface area contributed by atoms with Gasteiger partial charge in [0, 0.05) is 29.0 Å². The standard InChI is InChI=1S/C23H19N3O3/c27-22(28)13-16-7-1-3-10-20(16)25-23(29)19-15-26(14-17-8-5-6-12-24-17)21-11-4-2-9-18(19)21/h1-12,15H,13-14H2,(H,25,29)(H,27,28). The molecular formula is C23H19N3O3. The molecule has 2 aromatic carbocycles. The summed E-state index contributed by atoms with van der Waals surface area (Å²) in [6.07, 6.45) is 3.40. The molecule has 1 amide bonds. The zero-order valence-electron chi connectivity index (χ0n) is 15.6. The SMILES string of the molecule is O=C(O)Cc1ccccc1NC(=O)c1cn(Cc2ccccn2)c2ccccc12. The maximum absolute atomic E-state index is 13.0. The van der Waals surface area contributed by atoms with Crippen LogP contribution in [0.15, 0.2) is 79.1 Å². The van der Waals surface area contributed by atoms with Gasteiger partial charge in [0.2, 0.25) is 0 Å². The number of rotatable bonds is 6. The molecule has 0 fully saturated rings. The molecule has 0 spiro atoms. The quantitative estimate of drug-likeness (QED) is 0.526. The van der Waals surface area contributed by atoms with Gasteiger partial charge >= 0.3 is 5.97 Å². The second kappa shape index (κ2) is 7.98. The Kier molecular flexibility index (Phi) is 5.07. The van der Waals surface area contributed by atoms with E-state index in [0.717, 1.165) is 16.6 Å². The Bertz CT molecular complexity index is 1180. The number of aliphatic carboxylic acids is 1. The van der Waals surface area contributed by atoms with Crippen molar-refractivity contribution in [3.8, 4) is 0 Å². The van der Waals surface area contributed by atoms with Crippen molar-refractivity contribution in [3.05, 3.63) is 95.9 Å². The predicted molar refractivity (Wildman–Crippen MR) is 111 cm³/mol. The number of benzene rings is 2. The highest BCUT2D eigenvalue weighted by Gasteiger charge is 2.17. The van der Waals surface area contributed by atoms with Crippen LogP contribution in [-0.2, 0) is 17.8 Å². The summed E-state index contributed by atoms with van der Waals surface area (Å²) in [5.41, 5.74) is 3.42. The number of aromatic nitrogens is 2. The largest absolute Gasteiger partial charge is 0.481 e. The lowest BCUT2D eigenvalue weighted by atomic mass is 10.1. The highest BCUT2D eigenvalue weighted by Crippen LogP contribution is 2.24. The number of carbonyl (C=O) groups excluding carboxylic acids is 1. The molecule has 2 N–H and O–H groups in total. The van der Waals surface area contributed by atoms with Crippen molar-refractivity contribution in [2.24, 2.45) is 0 Å². The van der Waals surface area contributed by atoms with Gasteiger partial charge in [-0.2, -0.15) is 0 Å². The van der Waals surface area contributed by atoms with Crippen LogP contribution >= 0.6 is 0 Å². The number of nitrogens with zero attached hydrogens (tertiary/aromatic N) is 2. The fourth-order valence-electron chi connectivity index (χ4n) is 3.37. The maximum Gasteiger partial charge on any atom is 0.307 e. The number of fused-ring (bicyclic) bond motifs is 1. The lowest BCUT2D eigenvalue weighted by Crippen LogP contribution is -2.14. The molecule has 6 heteroatoms. The van der Waals surface area contributed by atoms with Crippen molar-refractivity contribution < 1.29 is 14.7 Å². The Morgan fingerprint density at radius 3 is 2.52 bits per heavy atom. The van der Waals surface area contributed by atoms with Gasteiger partial charge in [0.25, 0.3) is 5.91 Å². The van der Waals surface area contributed by atoms with Crippen LogP contribution in [0, 0.1) is 0 Å². The Labute approximate surface area is 167 Å². The van der Waals surface area contributed by atoms with E-state index in [-0.39, 0.29) is 12.3 Å². The molecule has 2 aromatic heterocycles. The Hall–Kier alpha value is -3.93. The van der Waals surface area contributed by atoms with Crippen molar-refractivity contribution in [1.29, 1.82) is 0 Å². The fourth-order valence-corrected chi connectivity index (χ4v) is 3.37. The summed E-state index contributed by atoms with van der Waals surface area (Å²) in [4.78, 5) is 28.5. The molecule has 29 heavy (non-hydrogen) atoms. The van der Waals surface area contributed by atoms with E-state index in [4.69, 9.17) is 5.11 Å². The molecule has 0 saturated carbocycles. The van der Waals surface area contributed by atoms with Gasteiger partial charge in [-0.05, 0) is 29.8 Å². The zero-order chi connectivity index (χ0) is 20.2. The van der Waals surface area contributed by atoms with Crippen molar-refractivity contribution in [2.45, 2.75) is 13.0 Å². The average Bonchev–Trinajstić information content (AvgIpc) is 3.09. The smallest absolute Gasteiger partial charge is 0.307 e. The highest BCUT2D eigenvalue weighted by atomic mass is 16.4. The van der Waals surface area contributed by atoms with E-state index in [1.165, 1.54) is 0 Å². The lowest BCUT2D eigenvalue weighted by Gasteiger charge is -2.09.